The zero-order valence-electron chi connectivity index (χ0n) is 10.4. The molecule has 1 atom stereocenters. The first-order valence-electron chi connectivity index (χ1n) is 5.91. The van der Waals surface area contributed by atoms with Gasteiger partial charge < -0.3 is 9.84 Å². The van der Waals surface area contributed by atoms with Gasteiger partial charge in [0.15, 0.2) is 0 Å². The van der Waals surface area contributed by atoms with Gasteiger partial charge in [0.2, 0.25) is 0 Å². The summed E-state index contributed by atoms with van der Waals surface area (Å²) < 4.78 is 5.72. The van der Waals surface area contributed by atoms with E-state index in [-0.39, 0.29) is 0 Å². The second-order valence-electron chi connectivity index (χ2n) is 4.25. The first-order valence-corrected chi connectivity index (χ1v) is 6.67. The summed E-state index contributed by atoms with van der Waals surface area (Å²) >= 11 is 11.8. The molecule has 4 heteroatoms. The molecule has 0 aliphatic carbocycles. The molecule has 19 heavy (non-hydrogen) atoms. The molecular formula is C15H14Cl2O2. The van der Waals surface area contributed by atoms with E-state index >= 15 is 0 Å². The Morgan fingerprint density at radius 1 is 1.11 bits per heavy atom. The fourth-order valence-corrected chi connectivity index (χ4v) is 2.07. The summed E-state index contributed by atoms with van der Waals surface area (Å²) in [5, 5.41) is 10.7. The number of benzene rings is 2. The number of aliphatic hydroxyl groups is 1. The van der Waals surface area contributed by atoms with Gasteiger partial charge in [0.25, 0.3) is 0 Å². The lowest BCUT2D eigenvalue weighted by molar-refractivity contribution is 0.190. The van der Waals surface area contributed by atoms with Crippen LogP contribution in [0, 0.1) is 0 Å². The Bertz CT molecular complexity index is 568. The molecule has 0 bridgehead atoms. The van der Waals surface area contributed by atoms with Crippen LogP contribution >= 0.6 is 23.2 Å². The third-order valence-electron chi connectivity index (χ3n) is 2.75. The number of hydrogen-bond acceptors (Lipinski definition) is 2. The molecule has 0 aromatic heterocycles. The van der Waals surface area contributed by atoms with Gasteiger partial charge in [0.05, 0.1) is 16.1 Å². The van der Waals surface area contributed by atoms with Crippen molar-refractivity contribution in [2.75, 3.05) is 0 Å². The van der Waals surface area contributed by atoms with E-state index in [1.54, 1.807) is 19.1 Å². The number of hydrogen-bond donors (Lipinski definition) is 1. The Morgan fingerprint density at radius 3 is 2.53 bits per heavy atom. The summed E-state index contributed by atoms with van der Waals surface area (Å²) in [7, 11) is 0. The molecule has 0 aliphatic heterocycles. The number of para-hydroxylation sites is 1. The molecule has 0 heterocycles. The van der Waals surface area contributed by atoms with E-state index in [9.17, 15) is 5.11 Å². The standard InChI is InChI=1S/C15H14Cl2O2/c1-10(18)12-4-2-3-5-15(12)19-9-11-6-7-13(16)14(17)8-11/h2-8,10,18H,9H2,1H3/t10-/m0/s1. The molecular weight excluding hydrogens is 283 g/mol. The Kier molecular flexibility index (Phi) is 4.70. The summed E-state index contributed by atoms with van der Waals surface area (Å²) in [5.41, 5.74) is 1.69. The Labute approximate surface area is 122 Å². The van der Waals surface area contributed by atoms with Crippen LogP contribution in [0.2, 0.25) is 10.0 Å². The zero-order valence-corrected chi connectivity index (χ0v) is 11.9. The van der Waals surface area contributed by atoms with Crippen LogP contribution in [0.4, 0.5) is 0 Å². The number of ether oxygens (including phenoxy) is 1. The summed E-state index contributed by atoms with van der Waals surface area (Å²) in [5.74, 6) is 0.670. The van der Waals surface area contributed by atoms with Gasteiger partial charge in [-0.1, -0.05) is 47.5 Å². The van der Waals surface area contributed by atoms with Gasteiger partial charge >= 0.3 is 0 Å². The molecule has 0 saturated carbocycles. The van der Waals surface area contributed by atoms with Crippen molar-refractivity contribution in [2.24, 2.45) is 0 Å². The molecule has 100 valence electrons. The molecule has 1 N–H and O–H groups in total. The summed E-state index contributed by atoms with van der Waals surface area (Å²) in [6, 6.07) is 12.8. The average Bonchev–Trinajstić information content (AvgIpc) is 2.40. The highest BCUT2D eigenvalue weighted by molar-refractivity contribution is 6.42. The van der Waals surface area contributed by atoms with Crippen molar-refractivity contribution in [3.05, 3.63) is 63.6 Å². The highest BCUT2D eigenvalue weighted by Gasteiger charge is 2.08. The van der Waals surface area contributed by atoms with Gasteiger partial charge in [-0.05, 0) is 30.7 Å². The second kappa shape index (κ2) is 6.29. The third kappa shape index (κ3) is 3.63. The van der Waals surface area contributed by atoms with Crippen LogP contribution in [0.3, 0.4) is 0 Å². The van der Waals surface area contributed by atoms with E-state index < -0.39 is 6.10 Å². The maximum absolute atomic E-state index is 9.66. The Morgan fingerprint density at radius 2 is 1.84 bits per heavy atom. The number of rotatable bonds is 4. The van der Waals surface area contributed by atoms with Crippen LogP contribution in [0.5, 0.6) is 5.75 Å². The molecule has 2 aromatic rings. The molecule has 2 nitrogen and oxygen atoms in total. The molecule has 0 amide bonds. The van der Waals surface area contributed by atoms with Gasteiger partial charge in [-0.3, -0.25) is 0 Å². The van der Waals surface area contributed by atoms with Crippen LogP contribution in [-0.2, 0) is 6.61 Å². The minimum absolute atomic E-state index is 0.376. The van der Waals surface area contributed by atoms with Crippen molar-refractivity contribution in [1.82, 2.24) is 0 Å². The van der Waals surface area contributed by atoms with Crippen LogP contribution in [-0.4, -0.2) is 5.11 Å². The van der Waals surface area contributed by atoms with Gasteiger partial charge in [0.1, 0.15) is 12.4 Å². The summed E-state index contributed by atoms with van der Waals surface area (Å²) in [4.78, 5) is 0. The summed E-state index contributed by atoms with van der Waals surface area (Å²) in [6.45, 7) is 2.09. The smallest absolute Gasteiger partial charge is 0.125 e. The first-order chi connectivity index (χ1) is 9.08. The Hall–Kier alpha value is -1.22. The molecule has 0 fully saturated rings. The zero-order chi connectivity index (χ0) is 13.8. The second-order valence-corrected chi connectivity index (χ2v) is 5.07. The largest absolute Gasteiger partial charge is 0.489 e. The Balaban J connectivity index is 2.12. The normalized spacial score (nSPS) is 12.2. The molecule has 0 aliphatic rings. The molecule has 0 spiro atoms. The lowest BCUT2D eigenvalue weighted by Gasteiger charge is -2.13. The van der Waals surface area contributed by atoms with E-state index in [1.807, 2.05) is 30.3 Å². The van der Waals surface area contributed by atoms with Crippen LogP contribution < -0.4 is 4.74 Å². The van der Waals surface area contributed by atoms with Gasteiger partial charge in [-0.15, -0.1) is 0 Å². The van der Waals surface area contributed by atoms with Gasteiger partial charge in [0, 0.05) is 5.56 Å². The van der Waals surface area contributed by atoms with Crippen molar-refractivity contribution in [3.8, 4) is 5.75 Å². The van der Waals surface area contributed by atoms with Crippen molar-refractivity contribution in [1.29, 1.82) is 0 Å². The van der Waals surface area contributed by atoms with Gasteiger partial charge in [-0.2, -0.15) is 0 Å². The van der Waals surface area contributed by atoms with Crippen molar-refractivity contribution in [2.45, 2.75) is 19.6 Å². The average molecular weight is 297 g/mol. The predicted molar refractivity (Wildman–Crippen MR) is 77.9 cm³/mol. The fraction of sp³-hybridized carbons (Fsp3) is 0.200. The SMILES string of the molecule is C[C@H](O)c1ccccc1OCc1ccc(Cl)c(Cl)c1. The van der Waals surface area contributed by atoms with Crippen molar-refractivity contribution >= 4 is 23.2 Å². The van der Waals surface area contributed by atoms with E-state index in [4.69, 9.17) is 27.9 Å². The molecule has 0 saturated heterocycles. The topological polar surface area (TPSA) is 29.5 Å². The van der Waals surface area contributed by atoms with Crippen molar-refractivity contribution in [3.63, 3.8) is 0 Å². The van der Waals surface area contributed by atoms with Crippen LogP contribution in [0.15, 0.2) is 42.5 Å². The quantitative estimate of drug-likeness (QED) is 0.891. The molecule has 2 aromatic carbocycles. The molecule has 0 unspecified atom stereocenters. The maximum Gasteiger partial charge on any atom is 0.125 e. The number of halogens is 2. The third-order valence-corrected chi connectivity index (χ3v) is 3.49. The van der Waals surface area contributed by atoms with E-state index in [0.29, 0.717) is 22.4 Å². The fourth-order valence-electron chi connectivity index (χ4n) is 1.75. The molecule has 0 radical (unpaired) electrons. The lowest BCUT2D eigenvalue weighted by atomic mass is 10.1. The monoisotopic (exact) mass is 296 g/mol. The maximum atomic E-state index is 9.66. The van der Waals surface area contributed by atoms with Crippen LogP contribution in [0.25, 0.3) is 0 Å². The van der Waals surface area contributed by atoms with E-state index in [1.165, 1.54) is 0 Å². The highest BCUT2D eigenvalue weighted by Crippen LogP contribution is 2.27. The number of aliphatic hydroxyl groups excluding tert-OH is 1. The lowest BCUT2D eigenvalue weighted by Crippen LogP contribution is -2.00. The minimum atomic E-state index is -0.565. The first kappa shape index (κ1) is 14.2. The van der Waals surface area contributed by atoms with E-state index in [0.717, 1.165) is 11.1 Å². The minimum Gasteiger partial charge on any atom is -0.489 e. The summed E-state index contributed by atoms with van der Waals surface area (Å²) in [6.07, 6.45) is -0.565. The predicted octanol–water partition coefficient (Wildman–Crippen LogP) is 4.63. The van der Waals surface area contributed by atoms with Crippen LogP contribution in [0.1, 0.15) is 24.2 Å². The van der Waals surface area contributed by atoms with E-state index in [2.05, 4.69) is 0 Å². The van der Waals surface area contributed by atoms with Crippen molar-refractivity contribution < 1.29 is 9.84 Å². The molecule has 2 rings (SSSR count). The highest BCUT2D eigenvalue weighted by atomic mass is 35.5. The van der Waals surface area contributed by atoms with Gasteiger partial charge in [-0.25, -0.2) is 0 Å².